The van der Waals surface area contributed by atoms with E-state index in [2.05, 4.69) is 5.32 Å². The monoisotopic (exact) mass is 450 g/mol. The van der Waals surface area contributed by atoms with Crippen LogP contribution in [0.5, 0.6) is 5.75 Å². The number of benzene rings is 4. The second-order valence-corrected chi connectivity index (χ2v) is 8.06. The average molecular weight is 451 g/mol. The van der Waals surface area contributed by atoms with Gasteiger partial charge in [-0.25, -0.2) is 4.39 Å². The minimum atomic E-state index is -0.494. The summed E-state index contributed by atoms with van der Waals surface area (Å²) in [6.45, 7) is 4.10. The predicted octanol–water partition coefficient (Wildman–Crippen LogP) is 6.72. The van der Waals surface area contributed by atoms with Crippen molar-refractivity contribution in [2.24, 2.45) is 0 Å². The Labute approximate surface area is 197 Å². The molecule has 0 atom stereocenters. The number of amides is 1. The van der Waals surface area contributed by atoms with Crippen LogP contribution in [0, 0.1) is 31.0 Å². The Morgan fingerprint density at radius 1 is 1.03 bits per heavy atom. The highest BCUT2D eigenvalue weighted by Crippen LogP contribution is 2.31. The number of carbonyl (C=O) groups excluding carboxylic acids is 1. The summed E-state index contributed by atoms with van der Waals surface area (Å²) in [5.41, 5.74) is 4.06. The van der Waals surface area contributed by atoms with Gasteiger partial charge in [-0.3, -0.25) is 4.79 Å². The number of hydrogen-bond acceptors (Lipinski definition) is 3. The molecule has 0 heterocycles. The molecule has 168 valence electrons. The molecule has 0 saturated heterocycles. The minimum absolute atomic E-state index is 0.0389. The Balaban J connectivity index is 1.69. The number of halogens is 1. The van der Waals surface area contributed by atoms with E-state index in [1.807, 2.05) is 74.5 Å². The Morgan fingerprint density at radius 3 is 2.53 bits per heavy atom. The van der Waals surface area contributed by atoms with Crippen LogP contribution in [0.25, 0.3) is 16.8 Å². The summed E-state index contributed by atoms with van der Waals surface area (Å²) in [5, 5.41) is 14.4. The average Bonchev–Trinajstić information content (AvgIpc) is 2.84. The van der Waals surface area contributed by atoms with Crippen molar-refractivity contribution < 1.29 is 13.9 Å². The molecule has 4 nitrogen and oxygen atoms in total. The van der Waals surface area contributed by atoms with Gasteiger partial charge in [0.15, 0.2) is 0 Å². The molecule has 0 bridgehead atoms. The number of nitrogens with one attached hydrogen (secondary N) is 1. The molecule has 1 N–H and O–H groups in total. The van der Waals surface area contributed by atoms with Crippen molar-refractivity contribution in [1.82, 2.24) is 0 Å². The van der Waals surface area contributed by atoms with E-state index in [0.29, 0.717) is 17.0 Å². The maximum absolute atomic E-state index is 13.2. The maximum atomic E-state index is 13.2. The van der Waals surface area contributed by atoms with Gasteiger partial charge in [0, 0.05) is 11.3 Å². The molecular formula is C29H23FN2O2. The third-order valence-corrected chi connectivity index (χ3v) is 5.52. The van der Waals surface area contributed by atoms with Gasteiger partial charge in [0.05, 0.1) is 0 Å². The number of ether oxygens (including phenoxy) is 1. The van der Waals surface area contributed by atoms with Crippen molar-refractivity contribution in [2.75, 3.05) is 5.32 Å². The predicted molar refractivity (Wildman–Crippen MR) is 133 cm³/mol. The first kappa shape index (κ1) is 22.8. The van der Waals surface area contributed by atoms with Crippen LogP contribution in [0.4, 0.5) is 10.1 Å². The lowest BCUT2D eigenvalue weighted by Crippen LogP contribution is -2.14. The van der Waals surface area contributed by atoms with Crippen molar-refractivity contribution in [1.29, 1.82) is 5.26 Å². The van der Waals surface area contributed by atoms with E-state index in [9.17, 15) is 14.4 Å². The van der Waals surface area contributed by atoms with E-state index in [0.717, 1.165) is 27.5 Å². The second kappa shape index (κ2) is 10.0. The molecule has 4 aromatic rings. The first-order valence-corrected chi connectivity index (χ1v) is 10.8. The third-order valence-electron chi connectivity index (χ3n) is 5.52. The lowest BCUT2D eigenvalue weighted by atomic mass is 10.0. The Morgan fingerprint density at radius 2 is 1.79 bits per heavy atom. The van der Waals surface area contributed by atoms with E-state index < -0.39 is 5.91 Å². The summed E-state index contributed by atoms with van der Waals surface area (Å²) in [7, 11) is 0. The van der Waals surface area contributed by atoms with Crippen LogP contribution in [-0.4, -0.2) is 5.91 Å². The van der Waals surface area contributed by atoms with Gasteiger partial charge >= 0.3 is 0 Å². The molecule has 0 aromatic heterocycles. The molecule has 0 aliphatic carbocycles. The Hall–Kier alpha value is -4.43. The first-order chi connectivity index (χ1) is 16.4. The molecule has 0 unspecified atom stereocenters. The number of carbonyl (C=O) groups is 1. The highest BCUT2D eigenvalue weighted by molar-refractivity contribution is 6.11. The molecule has 4 aromatic carbocycles. The van der Waals surface area contributed by atoms with Gasteiger partial charge in [-0.1, -0.05) is 60.2 Å². The zero-order valence-electron chi connectivity index (χ0n) is 18.9. The van der Waals surface area contributed by atoms with Gasteiger partial charge in [0.1, 0.15) is 29.8 Å². The summed E-state index contributed by atoms with van der Waals surface area (Å²) in [6, 6.07) is 25.2. The smallest absolute Gasteiger partial charge is 0.266 e. The van der Waals surface area contributed by atoms with Gasteiger partial charge in [-0.15, -0.1) is 0 Å². The van der Waals surface area contributed by atoms with Crippen LogP contribution in [0.2, 0.25) is 0 Å². The van der Waals surface area contributed by atoms with Gasteiger partial charge < -0.3 is 10.1 Å². The van der Waals surface area contributed by atoms with Crippen molar-refractivity contribution in [3.05, 3.63) is 113 Å². The van der Waals surface area contributed by atoms with Crippen LogP contribution in [0.3, 0.4) is 0 Å². The zero-order chi connectivity index (χ0) is 24.1. The largest absolute Gasteiger partial charge is 0.488 e. The van der Waals surface area contributed by atoms with Crippen molar-refractivity contribution in [3.63, 3.8) is 0 Å². The maximum Gasteiger partial charge on any atom is 0.266 e. The quantitative estimate of drug-likeness (QED) is 0.262. The molecule has 34 heavy (non-hydrogen) atoms. The van der Waals surface area contributed by atoms with Crippen molar-refractivity contribution in [3.8, 4) is 11.8 Å². The molecule has 1 amide bonds. The number of rotatable bonds is 6. The zero-order valence-corrected chi connectivity index (χ0v) is 18.9. The number of nitriles is 1. The standard InChI is InChI=1S/C29H23FN2O2/c1-19-7-13-27(20(2)15-19)32-29(33)23(17-31)16-26-25-6-4-3-5-22(25)10-14-28(26)34-18-21-8-11-24(30)12-9-21/h3-16H,18H2,1-2H3,(H,32,33)/b23-16+. The second-order valence-electron chi connectivity index (χ2n) is 8.06. The lowest BCUT2D eigenvalue weighted by Gasteiger charge is -2.13. The van der Waals surface area contributed by atoms with Crippen LogP contribution >= 0.6 is 0 Å². The van der Waals surface area contributed by atoms with E-state index in [1.165, 1.54) is 12.1 Å². The van der Waals surface area contributed by atoms with E-state index in [-0.39, 0.29) is 18.0 Å². The summed E-state index contributed by atoms with van der Waals surface area (Å²) >= 11 is 0. The summed E-state index contributed by atoms with van der Waals surface area (Å²) in [6.07, 6.45) is 1.56. The third kappa shape index (κ3) is 5.13. The van der Waals surface area contributed by atoms with Gasteiger partial charge in [-0.05, 0) is 66.1 Å². The highest BCUT2D eigenvalue weighted by Gasteiger charge is 2.15. The lowest BCUT2D eigenvalue weighted by molar-refractivity contribution is -0.112. The first-order valence-electron chi connectivity index (χ1n) is 10.8. The normalized spacial score (nSPS) is 11.2. The number of nitrogens with zero attached hydrogens (tertiary/aromatic N) is 1. The van der Waals surface area contributed by atoms with Crippen LogP contribution < -0.4 is 10.1 Å². The van der Waals surface area contributed by atoms with Gasteiger partial charge in [0.25, 0.3) is 5.91 Å². The Kier molecular flexibility index (Phi) is 6.70. The molecule has 5 heteroatoms. The van der Waals surface area contributed by atoms with Crippen LogP contribution in [-0.2, 0) is 11.4 Å². The van der Waals surface area contributed by atoms with Crippen molar-refractivity contribution >= 4 is 28.4 Å². The molecule has 0 fully saturated rings. The molecule has 4 rings (SSSR count). The fourth-order valence-corrected chi connectivity index (χ4v) is 3.73. The molecule has 0 aliphatic rings. The fraction of sp³-hybridized carbons (Fsp3) is 0.103. The van der Waals surface area contributed by atoms with Crippen LogP contribution in [0.1, 0.15) is 22.3 Å². The molecule has 0 radical (unpaired) electrons. The van der Waals surface area contributed by atoms with E-state index in [1.54, 1.807) is 18.2 Å². The summed E-state index contributed by atoms with van der Waals surface area (Å²) < 4.78 is 19.3. The molecule has 0 spiro atoms. The molecular weight excluding hydrogens is 427 g/mol. The van der Waals surface area contributed by atoms with E-state index >= 15 is 0 Å². The van der Waals surface area contributed by atoms with Gasteiger partial charge in [-0.2, -0.15) is 5.26 Å². The Bertz CT molecular complexity index is 1430. The number of fused-ring (bicyclic) bond motifs is 1. The number of anilines is 1. The minimum Gasteiger partial charge on any atom is -0.488 e. The van der Waals surface area contributed by atoms with E-state index in [4.69, 9.17) is 4.74 Å². The highest BCUT2D eigenvalue weighted by atomic mass is 19.1. The summed E-state index contributed by atoms with van der Waals surface area (Å²) in [5.74, 6) is -0.284. The fourth-order valence-electron chi connectivity index (χ4n) is 3.73. The van der Waals surface area contributed by atoms with Gasteiger partial charge in [0.2, 0.25) is 0 Å². The summed E-state index contributed by atoms with van der Waals surface area (Å²) in [4.78, 5) is 13.0. The van der Waals surface area contributed by atoms with Crippen LogP contribution in [0.15, 0.2) is 84.4 Å². The van der Waals surface area contributed by atoms with Crippen molar-refractivity contribution in [2.45, 2.75) is 20.5 Å². The number of hydrogen-bond donors (Lipinski definition) is 1. The number of aryl methyl sites for hydroxylation is 2. The topological polar surface area (TPSA) is 62.1 Å². The molecule has 0 saturated carbocycles. The molecule has 0 aliphatic heterocycles. The SMILES string of the molecule is Cc1ccc(NC(=O)/C(C#N)=C/c2c(OCc3ccc(F)cc3)ccc3ccccc23)c(C)c1.